The van der Waals surface area contributed by atoms with Gasteiger partial charge in [0.15, 0.2) is 5.82 Å². The third-order valence-corrected chi connectivity index (χ3v) is 4.14. The Hall–Kier alpha value is -2.83. The van der Waals surface area contributed by atoms with Crippen LogP contribution in [0.5, 0.6) is 0 Å². The summed E-state index contributed by atoms with van der Waals surface area (Å²) >= 11 is 0. The summed E-state index contributed by atoms with van der Waals surface area (Å²) in [5.41, 5.74) is 9.77. The van der Waals surface area contributed by atoms with E-state index in [-0.39, 0.29) is 7.37 Å². The molecule has 3 rings (SSSR count). The first-order valence-electron chi connectivity index (χ1n) is 8.72. The number of nitrogens with zero attached hydrogens (tertiary/aromatic N) is 5. The molecule has 3 aromatic heterocycles. The highest BCUT2D eigenvalue weighted by Gasteiger charge is 2.17. The van der Waals surface area contributed by atoms with E-state index in [1.54, 1.807) is 6.07 Å². The van der Waals surface area contributed by atoms with Crippen LogP contribution in [-0.2, 0) is 6.42 Å². The van der Waals surface area contributed by atoms with Crippen LogP contribution >= 0.6 is 0 Å². The molecule has 0 aromatic carbocycles. The molecule has 0 radical (unpaired) electrons. The van der Waals surface area contributed by atoms with Crippen molar-refractivity contribution in [3.63, 3.8) is 0 Å². The number of nitrogen functional groups attached to an aromatic ring is 1. The summed E-state index contributed by atoms with van der Waals surface area (Å²) in [5, 5.41) is 4.02. The molecule has 2 N–H and O–H groups in total. The molecule has 0 saturated carbocycles. The van der Waals surface area contributed by atoms with Crippen LogP contribution in [0.15, 0.2) is 29.5 Å². The molecule has 0 atom stereocenters. The molecule has 0 aliphatic rings. The number of aromatic nitrogens is 4. The Morgan fingerprint density at radius 3 is 2.85 bits per heavy atom. The van der Waals surface area contributed by atoms with Crippen molar-refractivity contribution in [2.75, 3.05) is 5.73 Å². The average molecular weight is 356 g/mol. The van der Waals surface area contributed by atoms with Crippen LogP contribution in [0.3, 0.4) is 0 Å². The highest BCUT2D eigenvalue weighted by molar-refractivity contribution is 5.85. The monoisotopic (exact) mass is 356 g/mol. The molecule has 6 nitrogen and oxygen atoms in total. The number of halogens is 1. The summed E-state index contributed by atoms with van der Waals surface area (Å²) in [4.78, 5) is 13.4. The number of nitrogens with two attached hydrogens (primary N) is 1. The van der Waals surface area contributed by atoms with Gasteiger partial charge in [-0.25, -0.2) is 13.9 Å². The van der Waals surface area contributed by atoms with Crippen LogP contribution in [0.2, 0.25) is 0 Å². The summed E-state index contributed by atoms with van der Waals surface area (Å²) in [5.74, 6) is 0.0912. The Balaban J connectivity index is 0.00000261. The molecule has 0 bridgehead atoms. The summed E-state index contributed by atoms with van der Waals surface area (Å²) in [6.07, 6.45) is 4.44. The van der Waals surface area contributed by atoms with E-state index in [9.17, 15) is 4.39 Å². The second kappa shape index (κ2) is 7.19. The number of fused-ring (bicyclic) bond motifs is 1. The van der Waals surface area contributed by atoms with Crippen LogP contribution in [-0.4, -0.2) is 25.3 Å². The van der Waals surface area contributed by atoms with Gasteiger partial charge in [0.25, 0.3) is 0 Å². The Labute approximate surface area is 153 Å². The van der Waals surface area contributed by atoms with E-state index in [0.717, 1.165) is 29.9 Å². The van der Waals surface area contributed by atoms with Crippen molar-refractivity contribution in [1.29, 1.82) is 0 Å². The van der Waals surface area contributed by atoms with Gasteiger partial charge in [0, 0.05) is 7.14 Å². The van der Waals surface area contributed by atoms with Crippen LogP contribution < -0.4 is 5.73 Å². The van der Waals surface area contributed by atoms with Gasteiger partial charge in [0.1, 0.15) is 0 Å². The van der Waals surface area contributed by atoms with Crippen LogP contribution in [0.4, 0.5) is 16.0 Å². The zero-order chi connectivity index (χ0) is 18.8. The maximum Gasteiger partial charge on any atom is 0.238 e. The fraction of sp³-hybridized carbons (Fsp3) is 0.368. The van der Waals surface area contributed by atoms with E-state index in [0.29, 0.717) is 22.7 Å². The molecule has 0 fully saturated rings. The predicted molar refractivity (Wildman–Crippen MR) is 104 cm³/mol. The maximum absolute atomic E-state index is 14.6. The number of pyridine rings is 1. The van der Waals surface area contributed by atoms with E-state index < -0.39 is 5.82 Å². The van der Waals surface area contributed by atoms with Crippen molar-refractivity contribution < 1.29 is 5.82 Å². The minimum absolute atomic E-state index is 0. The molecule has 0 aliphatic carbocycles. The van der Waals surface area contributed by atoms with E-state index in [1.807, 2.05) is 13.0 Å². The summed E-state index contributed by atoms with van der Waals surface area (Å²) < 4.78 is 16.0. The zero-order valence-electron chi connectivity index (χ0n) is 15.5. The molecular weight excluding hydrogens is 331 g/mol. The van der Waals surface area contributed by atoms with Crippen molar-refractivity contribution >= 4 is 22.9 Å². The van der Waals surface area contributed by atoms with E-state index in [1.165, 1.54) is 16.9 Å². The maximum atomic E-state index is 14.6. The van der Waals surface area contributed by atoms with E-state index >= 15 is 0 Å². The van der Waals surface area contributed by atoms with Gasteiger partial charge < -0.3 is 5.73 Å². The lowest BCUT2D eigenvalue weighted by Crippen LogP contribution is -2.01. The second-order valence-corrected chi connectivity index (χ2v) is 6.76. The SMILES string of the molecule is CCC(C)=Nc1ccc(-c2c(F)cn3nc(N)ncc23)nc1CC(C)C.[HH]. The first-order chi connectivity index (χ1) is 12.4. The fourth-order valence-electron chi connectivity index (χ4n) is 2.76. The number of hydrogen-bond donors (Lipinski definition) is 1. The average Bonchev–Trinajstić information content (AvgIpc) is 2.90. The lowest BCUT2D eigenvalue weighted by atomic mass is 10.0. The summed E-state index contributed by atoms with van der Waals surface area (Å²) in [6, 6.07) is 3.70. The van der Waals surface area contributed by atoms with Gasteiger partial charge in [-0.05, 0) is 37.8 Å². The molecular formula is C19H25FN6. The van der Waals surface area contributed by atoms with Crippen molar-refractivity contribution in [3.05, 3.63) is 36.0 Å². The molecule has 7 heteroatoms. The number of anilines is 1. The van der Waals surface area contributed by atoms with Crippen LogP contribution in [0, 0.1) is 11.7 Å². The van der Waals surface area contributed by atoms with Crippen molar-refractivity contribution in [3.8, 4) is 11.3 Å². The van der Waals surface area contributed by atoms with E-state index in [2.05, 4.69) is 35.8 Å². The zero-order valence-corrected chi connectivity index (χ0v) is 15.5. The lowest BCUT2D eigenvalue weighted by molar-refractivity contribution is 0.626. The van der Waals surface area contributed by atoms with Crippen LogP contribution in [0.1, 0.15) is 41.2 Å². The van der Waals surface area contributed by atoms with Gasteiger partial charge in [0.2, 0.25) is 5.95 Å². The Morgan fingerprint density at radius 2 is 2.15 bits per heavy atom. The number of rotatable bonds is 5. The second-order valence-electron chi connectivity index (χ2n) is 6.76. The lowest BCUT2D eigenvalue weighted by Gasteiger charge is -2.11. The first kappa shape index (κ1) is 18.0. The van der Waals surface area contributed by atoms with Gasteiger partial charge >= 0.3 is 0 Å². The highest BCUT2D eigenvalue weighted by Crippen LogP contribution is 2.31. The summed E-state index contributed by atoms with van der Waals surface area (Å²) in [7, 11) is 0. The van der Waals surface area contributed by atoms with Crippen molar-refractivity contribution in [2.45, 2.75) is 40.5 Å². The van der Waals surface area contributed by atoms with Gasteiger partial charge in [-0.1, -0.05) is 20.8 Å². The topological polar surface area (TPSA) is 81.5 Å². The molecule has 0 spiro atoms. The Morgan fingerprint density at radius 1 is 1.38 bits per heavy atom. The Kier molecular flexibility index (Phi) is 4.97. The van der Waals surface area contributed by atoms with E-state index in [4.69, 9.17) is 10.7 Å². The molecule has 0 amide bonds. The van der Waals surface area contributed by atoms with Gasteiger partial charge in [0.05, 0.1) is 40.5 Å². The molecule has 26 heavy (non-hydrogen) atoms. The third kappa shape index (κ3) is 3.56. The normalized spacial score (nSPS) is 12.3. The molecule has 138 valence electrons. The molecule has 3 aromatic rings. The van der Waals surface area contributed by atoms with Gasteiger partial charge in [-0.15, -0.1) is 5.10 Å². The standard InChI is InChI=1S/C19H23FN6.H2/c1-5-12(4)23-14-6-7-15(24-16(14)8-11(2)3)18-13(20)10-26-17(18)9-22-19(21)25-26;/h6-7,9-11H,5,8H2,1-4H3,(H2,21,25);1H. The van der Waals surface area contributed by atoms with Crippen molar-refractivity contribution in [1.82, 2.24) is 19.6 Å². The minimum Gasteiger partial charge on any atom is -0.367 e. The van der Waals surface area contributed by atoms with Crippen molar-refractivity contribution in [2.24, 2.45) is 10.9 Å². The Bertz CT molecular complexity index is 980. The molecule has 0 saturated heterocycles. The third-order valence-electron chi connectivity index (χ3n) is 4.14. The molecule has 0 unspecified atom stereocenters. The highest BCUT2D eigenvalue weighted by atomic mass is 19.1. The number of aliphatic imine (C=N–C) groups is 1. The van der Waals surface area contributed by atoms with Crippen LogP contribution in [0.25, 0.3) is 16.8 Å². The largest absolute Gasteiger partial charge is 0.367 e. The number of hydrogen-bond acceptors (Lipinski definition) is 5. The quantitative estimate of drug-likeness (QED) is 0.684. The molecule has 3 heterocycles. The van der Waals surface area contributed by atoms with Gasteiger partial charge in [-0.3, -0.25) is 9.98 Å². The first-order valence-corrected chi connectivity index (χ1v) is 8.72. The molecule has 0 aliphatic heterocycles. The van der Waals surface area contributed by atoms with Gasteiger partial charge in [-0.2, -0.15) is 0 Å². The fourth-order valence-corrected chi connectivity index (χ4v) is 2.76. The summed E-state index contributed by atoms with van der Waals surface area (Å²) in [6.45, 7) is 8.31. The minimum atomic E-state index is -0.408. The smallest absolute Gasteiger partial charge is 0.238 e. The predicted octanol–water partition coefficient (Wildman–Crippen LogP) is 4.46.